The van der Waals surface area contributed by atoms with Crippen molar-refractivity contribution in [1.29, 1.82) is 0 Å². The van der Waals surface area contributed by atoms with Gasteiger partial charge in [0, 0.05) is 36.5 Å². The molecule has 2 saturated heterocycles. The molecule has 2 heterocycles. The van der Waals surface area contributed by atoms with Crippen molar-refractivity contribution in [2.24, 2.45) is 0 Å². The summed E-state index contributed by atoms with van der Waals surface area (Å²) in [6.07, 6.45) is 1.63. The molecule has 2 aliphatic heterocycles. The number of fused-ring (bicyclic) bond motifs is 1. The van der Waals surface area contributed by atoms with Gasteiger partial charge >= 0.3 is 0 Å². The van der Waals surface area contributed by atoms with E-state index in [9.17, 15) is 9.59 Å². The number of amides is 2. The molecule has 5 heteroatoms. The molecule has 0 bridgehead atoms. The minimum absolute atomic E-state index is 0.0829. The summed E-state index contributed by atoms with van der Waals surface area (Å²) in [5, 5.41) is 2.23. The highest BCUT2D eigenvalue weighted by Crippen LogP contribution is 2.44. The van der Waals surface area contributed by atoms with Crippen LogP contribution in [0.25, 0.3) is 10.8 Å². The molecule has 4 nitrogen and oxygen atoms in total. The fourth-order valence-corrected chi connectivity index (χ4v) is 6.07. The number of nitrogens with zero attached hydrogens (tertiary/aromatic N) is 2. The first-order valence-corrected chi connectivity index (χ1v) is 11.4. The molecule has 5 rings (SSSR count). The van der Waals surface area contributed by atoms with Crippen molar-refractivity contribution in [3.05, 3.63) is 83.9 Å². The van der Waals surface area contributed by atoms with Gasteiger partial charge in [0.25, 0.3) is 11.8 Å². The van der Waals surface area contributed by atoms with E-state index in [1.54, 1.807) is 0 Å². The molecule has 3 aromatic rings. The van der Waals surface area contributed by atoms with Crippen LogP contribution in [0.15, 0.2) is 72.8 Å². The molecule has 0 unspecified atom stereocenters. The molecule has 2 aliphatic rings. The molecule has 0 atom stereocenters. The summed E-state index contributed by atoms with van der Waals surface area (Å²) < 4.78 is 0. The molecule has 1 spiro atoms. The van der Waals surface area contributed by atoms with Gasteiger partial charge in [-0.25, -0.2) is 0 Å². The maximum absolute atomic E-state index is 13.1. The summed E-state index contributed by atoms with van der Waals surface area (Å²) in [6.45, 7) is 2.13. The van der Waals surface area contributed by atoms with Crippen molar-refractivity contribution in [1.82, 2.24) is 9.80 Å². The number of benzene rings is 3. The molecule has 3 aromatic carbocycles. The van der Waals surface area contributed by atoms with E-state index in [0.717, 1.165) is 47.0 Å². The number of thioether (sulfide) groups is 1. The first kappa shape index (κ1) is 19.2. The Bertz CT molecular complexity index is 1090. The van der Waals surface area contributed by atoms with Gasteiger partial charge < -0.3 is 9.80 Å². The Morgan fingerprint density at radius 3 is 2.20 bits per heavy atom. The third-order valence-corrected chi connectivity index (χ3v) is 7.82. The Morgan fingerprint density at radius 1 is 0.733 bits per heavy atom. The molecule has 0 radical (unpaired) electrons. The Hall–Kier alpha value is -2.79. The van der Waals surface area contributed by atoms with Crippen molar-refractivity contribution in [3.8, 4) is 0 Å². The average molecular weight is 417 g/mol. The second-order valence-electron chi connectivity index (χ2n) is 7.97. The summed E-state index contributed by atoms with van der Waals surface area (Å²) in [5.41, 5.74) is 1.48. The lowest BCUT2D eigenvalue weighted by Crippen LogP contribution is -2.53. The zero-order chi connectivity index (χ0) is 20.6. The third-order valence-electron chi connectivity index (χ3n) is 6.27. The predicted octanol–water partition coefficient (Wildman–Crippen LogP) is 4.66. The van der Waals surface area contributed by atoms with E-state index >= 15 is 0 Å². The lowest BCUT2D eigenvalue weighted by atomic mass is 9.99. The molecule has 0 aromatic heterocycles. The van der Waals surface area contributed by atoms with Crippen molar-refractivity contribution in [2.45, 2.75) is 17.7 Å². The van der Waals surface area contributed by atoms with Crippen LogP contribution >= 0.6 is 11.8 Å². The topological polar surface area (TPSA) is 40.6 Å². The van der Waals surface area contributed by atoms with E-state index in [4.69, 9.17) is 0 Å². The van der Waals surface area contributed by atoms with E-state index < -0.39 is 0 Å². The van der Waals surface area contributed by atoms with Crippen LogP contribution in [0.5, 0.6) is 0 Å². The molecular weight excluding hydrogens is 392 g/mol. The van der Waals surface area contributed by atoms with E-state index in [1.165, 1.54) is 0 Å². The second-order valence-corrected chi connectivity index (χ2v) is 9.43. The molecule has 2 amide bonds. The van der Waals surface area contributed by atoms with E-state index in [-0.39, 0.29) is 16.7 Å². The van der Waals surface area contributed by atoms with Gasteiger partial charge in [-0.15, -0.1) is 11.8 Å². The fourth-order valence-electron chi connectivity index (χ4n) is 4.61. The number of likely N-dealkylation sites (tertiary alicyclic amines) is 1. The summed E-state index contributed by atoms with van der Waals surface area (Å²) in [6, 6.07) is 23.6. The third kappa shape index (κ3) is 3.37. The highest BCUT2D eigenvalue weighted by atomic mass is 32.2. The lowest BCUT2D eigenvalue weighted by Gasteiger charge is -2.44. The Balaban J connectivity index is 1.31. The van der Waals surface area contributed by atoms with Crippen molar-refractivity contribution >= 4 is 34.3 Å². The van der Waals surface area contributed by atoms with Crippen LogP contribution in [0.2, 0.25) is 0 Å². The van der Waals surface area contributed by atoms with Gasteiger partial charge in [0.05, 0.1) is 4.87 Å². The van der Waals surface area contributed by atoms with Crippen LogP contribution in [0, 0.1) is 0 Å². The minimum Gasteiger partial charge on any atom is -0.338 e. The van der Waals surface area contributed by atoms with Gasteiger partial charge in [-0.05, 0) is 47.9 Å². The van der Waals surface area contributed by atoms with Gasteiger partial charge in [-0.2, -0.15) is 0 Å². The zero-order valence-corrected chi connectivity index (χ0v) is 17.6. The molecule has 0 N–H and O–H groups in total. The first-order chi connectivity index (χ1) is 14.7. The standard InChI is InChI=1S/C25H24N2O2S/c28-23(22-11-10-19-6-4-5-9-21(19)18-22)26-14-12-25(13-15-26)27(16-17-30-25)24(29)20-7-2-1-3-8-20/h1-11,18H,12-17H2. The monoisotopic (exact) mass is 416 g/mol. The summed E-state index contributed by atoms with van der Waals surface area (Å²) >= 11 is 1.88. The molecule has 2 fully saturated rings. The van der Waals surface area contributed by atoms with Crippen LogP contribution < -0.4 is 0 Å². The number of carbonyl (C=O) groups is 2. The number of rotatable bonds is 2. The summed E-state index contributed by atoms with van der Waals surface area (Å²) in [5.74, 6) is 1.14. The average Bonchev–Trinajstić information content (AvgIpc) is 3.21. The van der Waals surface area contributed by atoms with Gasteiger partial charge in [-0.1, -0.05) is 48.5 Å². The van der Waals surface area contributed by atoms with Crippen LogP contribution in [0.1, 0.15) is 33.6 Å². The van der Waals surface area contributed by atoms with Crippen molar-refractivity contribution in [3.63, 3.8) is 0 Å². The lowest BCUT2D eigenvalue weighted by molar-refractivity contribution is 0.0498. The normalized spacial score (nSPS) is 18.1. The van der Waals surface area contributed by atoms with Gasteiger partial charge in [0.1, 0.15) is 0 Å². The number of hydrogen-bond acceptors (Lipinski definition) is 3. The van der Waals surface area contributed by atoms with Gasteiger partial charge in [-0.3, -0.25) is 9.59 Å². The predicted molar refractivity (Wildman–Crippen MR) is 122 cm³/mol. The zero-order valence-electron chi connectivity index (χ0n) is 16.8. The Kier molecular flexibility index (Phi) is 4.99. The Morgan fingerprint density at radius 2 is 1.43 bits per heavy atom. The van der Waals surface area contributed by atoms with Crippen molar-refractivity contribution in [2.75, 3.05) is 25.4 Å². The maximum Gasteiger partial charge on any atom is 0.254 e. The Labute approximate surface area is 180 Å². The summed E-state index contributed by atoms with van der Waals surface area (Å²) in [4.78, 5) is 30.0. The summed E-state index contributed by atoms with van der Waals surface area (Å²) in [7, 11) is 0. The molecule has 30 heavy (non-hydrogen) atoms. The van der Waals surface area contributed by atoms with Crippen LogP contribution in [-0.4, -0.2) is 51.9 Å². The van der Waals surface area contributed by atoms with Crippen LogP contribution in [-0.2, 0) is 0 Å². The number of carbonyl (C=O) groups excluding carboxylic acids is 2. The maximum atomic E-state index is 13.1. The number of piperidine rings is 1. The van der Waals surface area contributed by atoms with E-state index in [1.807, 2.05) is 88.3 Å². The molecule has 152 valence electrons. The van der Waals surface area contributed by atoms with E-state index in [2.05, 4.69) is 6.07 Å². The van der Waals surface area contributed by atoms with Gasteiger partial charge in [0.15, 0.2) is 0 Å². The SMILES string of the molecule is O=C(c1ccc2ccccc2c1)N1CCC2(CC1)SCCN2C(=O)c1ccccc1. The van der Waals surface area contributed by atoms with Crippen LogP contribution in [0.4, 0.5) is 0 Å². The number of hydrogen-bond donors (Lipinski definition) is 0. The minimum atomic E-state index is -0.187. The van der Waals surface area contributed by atoms with Crippen LogP contribution in [0.3, 0.4) is 0 Å². The van der Waals surface area contributed by atoms with E-state index in [0.29, 0.717) is 13.1 Å². The fraction of sp³-hybridized carbons (Fsp3) is 0.280. The molecular formula is C25H24N2O2S. The smallest absolute Gasteiger partial charge is 0.254 e. The molecule has 0 saturated carbocycles. The highest BCUT2D eigenvalue weighted by Gasteiger charge is 2.47. The van der Waals surface area contributed by atoms with Gasteiger partial charge in [0.2, 0.25) is 0 Å². The second kappa shape index (κ2) is 7.80. The first-order valence-electron chi connectivity index (χ1n) is 10.5. The molecule has 0 aliphatic carbocycles. The van der Waals surface area contributed by atoms with Crippen molar-refractivity contribution < 1.29 is 9.59 Å². The quantitative estimate of drug-likeness (QED) is 0.610. The largest absolute Gasteiger partial charge is 0.338 e. The highest BCUT2D eigenvalue weighted by molar-refractivity contribution is 8.00.